The molecule has 0 radical (unpaired) electrons. The zero-order valence-electron chi connectivity index (χ0n) is 10.1. The zero-order valence-corrected chi connectivity index (χ0v) is 10.1. The number of rotatable bonds is 2. The molecule has 0 aliphatic carbocycles. The Morgan fingerprint density at radius 3 is 2.82 bits per heavy atom. The van der Waals surface area contributed by atoms with Crippen LogP contribution < -0.4 is 16.0 Å². The fourth-order valence-electron chi connectivity index (χ4n) is 2.32. The standard InChI is InChI=1S/C12H17N5/c1-7-5-9(17-12-13-3-4-14-12)8(2)11-10(7)15-6-16-11/h5-6,12-14,17H,3-4H2,1-2H3,(H,15,16). The van der Waals surface area contributed by atoms with E-state index in [1.807, 2.05) is 0 Å². The number of anilines is 1. The number of nitrogens with zero attached hydrogens (tertiary/aromatic N) is 1. The SMILES string of the molecule is Cc1cc(NC2NCCN2)c(C)c2[nH]cnc12. The molecule has 0 bridgehead atoms. The van der Waals surface area contributed by atoms with Gasteiger partial charge in [-0.25, -0.2) is 4.98 Å². The molecule has 3 rings (SSSR count). The number of fused-ring (bicyclic) bond motifs is 1. The molecule has 0 spiro atoms. The predicted octanol–water partition coefficient (Wildman–Crippen LogP) is 1.07. The average molecular weight is 231 g/mol. The summed E-state index contributed by atoms with van der Waals surface area (Å²) in [5, 5.41) is 10.2. The third-order valence-electron chi connectivity index (χ3n) is 3.27. The van der Waals surface area contributed by atoms with E-state index in [4.69, 9.17) is 0 Å². The summed E-state index contributed by atoms with van der Waals surface area (Å²) in [4.78, 5) is 7.54. The molecule has 17 heavy (non-hydrogen) atoms. The molecule has 0 atom stereocenters. The number of H-pyrrole nitrogens is 1. The van der Waals surface area contributed by atoms with Crippen molar-refractivity contribution in [3.05, 3.63) is 23.5 Å². The quantitative estimate of drug-likeness (QED) is 0.624. The molecule has 1 fully saturated rings. The topological polar surface area (TPSA) is 64.8 Å². The number of benzene rings is 1. The van der Waals surface area contributed by atoms with Gasteiger partial charge in [0.2, 0.25) is 0 Å². The third-order valence-corrected chi connectivity index (χ3v) is 3.27. The van der Waals surface area contributed by atoms with Gasteiger partial charge < -0.3 is 10.3 Å². The number of nitrogens with one attached hydrogen (secondary N) is 4. The summed E-state index contributed by atoms with van der Waals surface area (Å²) in [7, 11) is 0. The number of imidazole rings is 1. The first-order valence-electron chi connectivity index (χ1n) is 5.92. The second-order valence-corrected chi connectivity index (χ2v) is 4.48. The molecule has 1 aromatic heterocycles. The Hall–Kier alpha value is -1.59. The maximum absolute atomic E-state index is 4.34. The highest BCUT2D eigenvalue weighted by Crippen LogP contribution is 2.26. The van der Waals surface area contributed by atoms with Gasteiger partial charge in [-0.1, -0.05) is 0 Å². The molecule has 2 heterocycles. The van der Waals surface area contributed by atoms with Crippen molar-refractivity contribution in [1.82, 2.24) is 20.6 Å². The Kier molecular flexibility index (Phi) is 2.49. The van der Waals surface area contributed by atoms with E-state index >= 15 is 0 Å². The van der Waals surface area contributed by atoms with Gasteiger partial charge in [0.15, 0.2) is 0 Å². The Bertz CT molecular complexity index is 539. The minimum absolute atomic E-state index is 0.161. The zero-order chi connectivity index (χ0) is 11.8. The lowest BCUT2D eigenvalue weighted by atomic mass is 10.1. The molecule has 0 saturated carbocycles. The number of hydrogen-bond donors (Lipinski definition) is 4. The summed E-state index contributed by atoms with van der Waals surface area (Å²) in [6.07, 6.45) is 1.91. The first-order chi connectivity index (χ1) is 8.25. The molecule has 1 saturated heterocycles. The first kappa shape index (κ1) is 10.6. The number of aryl methyl sites for hydroxylation is 2. The molecule has 5 nitrogen and oxygen atoms in total. The smallest absolute Gasteiger partial charge is 0.132 e. The minimum atomic E-state index is 0.161. The van der Waals surface area contributed by atoms with Crippen LogP contribution in [0.5, 0.6) is 0 Å². The van der Waals surface area contributed by atoms with Gasteiger partial charge in [0.05, 0.1) is 17.4 Å². The van der Waals surface area contributed by atoms with E-state index < -0.39 is 0 Å². The highest BCUT2D eigenvalue weighted by molar-refractivity contribution is 5.86. The summed E-state index contributed by atoms with van der Waals surface area (Å²) in [6.45, 7) is 6.20. The van der Waals surface area contributed by atoms with E-state index in [1.165, 1.54) is 11.1 Å². The Balaban J connectivity index is 2.00. The molecule has 1 aliphatic rings. The lowest BCUT2D eigenvalue weighted by molar-refractivity contribution is 0.620. The van der Waals surface area contributed by atoms with Crippen LogP contribution in [0.1, 0.15) is 11.1 Å². The Morgan fingerprint density at radius 1 is 1.29 bits per heavy atom. The fourth-order valence-corrected chi connectivity index (χ4v) is 2.32. The molecule has 0 amide bonds. The Labute approximate surface area is 100 Å². The Morgan fingerprint density at radius 2 is 2.06 bits per heavy atom. The molecular weight excluding hydrogens is 214 g/mol. The highest BCUT2D eigenvalue weighted by Gasteiger charge is 2.15. The van der Waals surface area contributed by atoms with Gasteiger partial charge in [0.25, 0.3) is 0 Å². The lowest BCUT2D eigenvalue weighted by Crippen LogP contribution is -2.39. The summed E-state index contributed by atoms with van der Waals surface area (Å²) in [6, 6.07) is 2.15. The number of hydrogen-bond acceptors (Lipinski definition) is 4. The molecule has 90 valence electrons. The number of aromatic amines is 1. The molecular formula is C12H17N5. The van der Waals surface area contributed by atoms with Crippen LogP contribution in [-0.4, -0.2) is 29.3 Å². The fraction of sp³-hybridized carbons (Fsp3) is 0.417. The normalized spacial score (nSPS) is 16.8. The van der Waals surface area contributed by atoms with Crippen LogP contribution in [0.3, 0.4) is 0 Å². The largest absolute Gasteiger partial charge is 0.357 e. The third kappa shape index (κ3) is 1.77. The van der Waals surface area contributed by atoms with Crippen LogP contribution in [0.2, 0.25) is 0 Å². The highest BCUT2D eigenvalue weighted by atomic mass is 15.3. The maximum Gasteiger partial charge on any atom is 0.132 e. The van der Waals surface area contributed by atoms with E-state index in [9.17, 15) is 0 Å². The van der Waals surface area contributed by atoms with Gasteiger partial charge in [0.1, 0.15) is 6.29 Å². The van der Waals surface area contributed by atoms with Crippen molar-refractivity contribution >= 4 is 16.7 Å². The van der Waals surface area contributed by atoms with Gasteiger partial charge in [-0.05, 0) is 31.0 Å². The van der Waals surface area contributed by atoms with Crippen molar-refractivity contribution in [1.29, 1.82) is 0 Å². The van der Waals surface area contributed by atoms with Crippen molar-refractivity contribution in [2.45, 2.75) is 20.1 Å². The van der Waals surface area contributed by atoms with Crippen molar-refractivity contribution in [2.75, 3.05) is 18.4 Å². The van der Waals surface area contributed by atoms with Crippen LogP contribution in [-0.2, 0) is 0 Å². The predicted molar refractivity (Wildman–Crippen MR) is 69.0 cm³/mol. The molecule has 4 N–H and O–H groups in total. The monoisotopic (exact) mass is 231 g/mol. The van der Waals surface area contributed by atoms with E-state index in [2.05, 4.69) is 45.8 Å². The van der Waals surface area contributed by atoms with Gasteiger partial charge >= 0.3 is 0 Å². The van der Waals surface area contributed by atoms with Gasteiger partial charge in [0, 0.05) is 18.8 Å². The molecule has 2 aromatic rings. The van der Waals surface area contributed by atoms with E-state index in [-0.39, 0.29) is 6.29 Å². The van der Waals surface area contributed by atoms with Gasteiger partial charge in [-0.2, -0.15) is 0 Å². The van der Waals surface area contributed by atoms with Crippen LogP contribution >= 0.6 is 0 Å². The number of aromatic nitrogens is 2. The maximum atomic E-state index is 4.34. The van der Waals surface area contributed by atoms with Crippen LogP contribution in [0.15, 0.2) is 12.4 Å². The lowest BCUT2D eigenvalue weighted by Gasteiger charge is -2.17. The van der Waals surface area contributed by atoms with E-state index in [1.54, 1.807) is 6.33 Å². The van der Waals surface area contributed by atoms with Crippen molar-refractivity contribution < 1.29 is 0 Å². The van der Waals surface area contributed by atoms with Crippen molar-refractivity contribution in [3.63, 3.8) is 0 Å². The minimum Gasteiger partial charge on any atom is -0.357 e. The molecule has 1 aliphatic heterocycles. The van der Waals surface area contributed by atoms with Crippen molar-refractivity contribution in [2.24, 2.45) is 0 Å². The van der Waals surface area contributed by atoms with E-state index in [0.29, 0.717) is 0 Å². The van der Waals surface area contributed by atoms with Crippen molar-refractivity contribution in [3.8, 4) is 0 Å². The molecule has 5 heteroatoms. The van der Waals surface area contributed by atoms with Crippen LogP contribution in [0.25, 0.3) is 11.0 Å². The van der Waals surface area contributed by atoms with Gasteiger partial charge in [-0.3, -0.25) is 10.6 Å². The summed E-state index contributed by atoms with van der Waals surface area (Å²) in [5.74, 6) is 0. The van der Waals surface area contributed by atoms with Gasteiger partial charge in [-0.15, -0.1) is 0 Å². The summed E-state index contributed by atoms with van der Waals surface area (Å²) in [5.41, 5.74) is 5.71. The summed E-state index contributed by atoms with van der Waals surface area (Å²) >= 11 is 0. The first-order valence-corrected chi connectivity index (χ1v) is 5.92. The summed E-state index contributed by atoms with van der Waals surface area (Å²) < 4.78 is 0. The van der Waals surface area contributed by atoms with Crippen LogP contribution in [0, 0.1) is 13.8 Å². The molecule has 0 unspecified atom stereocenters. The van der Waals surface area contributed by atoms with Crippen LogP contribution in [0.4, 0.5) is 5.69 Å². The second-order valence-electron chi connectivity index (χ2n) is 4.48. The van der Waals surface area contributed by atoms with E-state index in [0.717, 1.165) is 29.8 Å². The average Bonchev–Trinajstić information content (AvgIpc) is 2.96. The molecule has 1 aromatic carbocycles. The second kappa shape index (κ2) is 4.01.